The van der Waals surface area contributed by atoms with Crippen molar-refractivity contribution < 1.29 is 9.53 Å². The maximum atomic E-state index is 12.6. The number of fused-ring (bicyclic) bond motifs is 1. The molecule has 0 fully saturated rings. The summed E-state index contributed by atoms with van der Waals surface area (Å²) in [5.74, 6) is 0.705. The maximum Gasteiger partial charge on any atom is 0.197 e. The fourth-order valence-electron chi connectivity index (χ4n) is 2.23. The summed E-state index contributed by atoms with van der Waals surface area (Å²) in [5.41, 5.74) is 2.36. The van der Waals surface area contributed by atoms with Crippen molar-refractivity contribution in [3.8, 4) is 5.75 Å². The number of rotatable bonds is 2. The van der Waals surface area contributed by atoms with Crippen LogP contribution in [0.3, 0.4) is 0 Å². The molecule has 0 aliphatic carbocycles. The van der Waals surface area contributed by atoms with Crippen molar-refractivity contribution in [3.63, 3.8) is 0 Å². The molecule has 0 spiro atoms. The molecule has 2 aromatic carbocycles. The van der Waals surface area contributed by atoms with Gasteiger partial charge in [0.15, 0.2) is 5.78 Å². The van der Waals surface area contributed by atoms with Gasteiger partial charge in [-0.3, -0.25) is 4.79 Å². The highest BCUT2D eigenvalue weighted by atomic mass is 79.9. The molecule has 0 atom stereocenters. The molecule has 0 N–H and O–H groups in total. The van der Waals surface area contributed by atoms with Crippen molar-refractivity contribution in [2.24, 2.45) is 0 Å². The lowest BCUT2D eigenvalue weighted by Crippen LogP contribution is -2.04. The minimum absolute atomic E-state index is 0.0214. The van der Waals surface area contributed by atoms with E-state index in [2.05, 4.69) is 31.9 Å². The Kier molecular flexibility index (Phi) is 3.46. The van der Waals surface area contributed by atoms with Gasteiger partial charge in [0.1, 0.15) is 5.75 Å². The van der Waals surface area contributed by atoms with Crippen molar-refractivity contribution >= 4 is 37.6 Å². The third kappa shape index (κ3) is 2.35. The summed E-state index contributed by atoms with van der Waals surface area (Å²) in [5, 5.41) is 0. The van der Waals surface area contributed by atoms with Gasteiger partial charge in [0.2, 0.25) is 0 Å². The first-order valence-electron chi connectivity index (χ1n) is 5.91. The summed E-state index contributed by atoms with van der Waals surface area (Å²) < 4.78 is 7.32. The molecule has 1 aliphatic heterocycles. The van der Waals surface area contributed by atoms with E-state index in [-0.39, 0.29) is 5.78 Å². The van der Waals surface area contributed by atoms with Gasteiger partial charge in [-0.2, -0.15) is 0 Å². The number of benzene rings is 2. The average Bonchev–Trinajstić information content (AvgIpc) is 2.85. The van der Waals surface area contributed by atoms with Crippen LogP contribution in [0.2, 0.25) is 0 Å². The molecule has 0 amide bonds. The maximum absolute atomic E-state index is 12.6. The van der Waals surface area contributed by atoms with Crippen LogP contribution < -0.4 is 4.74 Å². The Balaban J connectivity index is 2.13. The lowest BCUT2D eigenvalue weighted by Gasteiger charge is -2.09. The highest BCUT2D eigenvalue weighted by molar-refractivity contribution is 9.10. The van der Waals surface area contributed by atoms with Crippen LogP contribution in [-0.2, 0) is 6.42 Å². The molecule has 1 heterocycles. The van der Waals surface area contributed by atoms with Crippen LogP contribution >= 0.6 is 31.9 Å². The third-order valence-electron chi connectivity index (χ3n) is 3.11. The van der Waals surface area contributed by atoms with Crippen LogP contribution in [0.25, 0.3) is 0 Å². The Morgan fingerprint density at radius 1 is 1.11 bits per heavy atom. The van der Waals surface area contributed by atoms with Gasteiger partial charge >= 0.3 is 0 Å². The lowest BCUT2D eigenvalue weighted by molar-refractivity contribution is 0.103. The van der Waals surface area contributed by atoms with Gasteiger partial charge in [0.25, 0.3) is 0 Å². The molecule has 0 aromatic heterocycles. The molecule has 4 heteroatoms. The SMILES string of the molecule is O=C(c1ccccc1Br)c1cc(Br)cc2c1OCC2. The van der Waals surface area contributed by atoms with Crippen molar-refractivity contribution in [2.45, 2.75) is 6.42 Å². The van der Waals surface area contributed by atoms with E-state index in [9.17, 15) is 4.79 Å². The summed E-state index contributed by atoms with van der Waals surface area (Å²) >= 11 is 6.88. The topological polar surface area (TPSA) is 26.3 Å². The zero-order valence-electron chi connectivity index (χ0n) is 9.95. The predicted octanol–water partition coefficient (Wildman–Crippen LogP) is 4.38. The van der Waals surface area contributed by atoms with Crippen molar-refractivity contribution in [2.75, 3.05) is 6.61 Å². The first-order chi connectivity index (χ1) is 9.16. The van der Waals surface area contributed by atoms with Crippen LogP contribution in [0.15, 0.2) is 45.3 Å². The Labute approximate surface area is 128 Å². The minimum atomic E-state index is -0.0214. The fourth-order valence-corrected chi connectivity index (χ4v) is 3.20. The van der Waals surface area contributed by atoms with Crippen molar-refractivity contribution in [1.82, 2.24) is 0 Å². The molecule has 19 heavy (non-hydrogen) atoms. The second-order valence-electron chi connectivity index (χ2n) is 4.35. The van der Waals surface area contributed by atoms with Gasteiger partial charge in [-0.1, -0.05) is 44.0 Å². The van der Waals surface area contributed by atoms with Crippen LogP contribution in [0.1, 0.15) is 21.5 Å². The highest BCUT2D eigenvalue weighted by Crippen LogP contribution is 2.35. The molecule has 0 bridgehead atoms. The number of ketones is 1. The number of carbonyl (C=O) groups excluding carboxylic acids is 1. The second kappa shape index (κ2) is 5.10. The number of halogens is 2. The predicted molar refractivity (Wildman–Crippen MR) is 80.9 cm³/mol. The van der Waals surface area contributed by atoms with E-state index in [0.29, 0.717) is 17.7 Å². The summed E-state index contributed by atoms with van der Waals surface area (Å²) in [4.78, 5) is 12.6. The molecule has 0 unspecified atom stereocenters. The minimum Gasteiger partial charge on any atom is -0.492 e. The first-order valence-corrected chi connectivity index (χ1v) is 7.50. The molecule has 2 aromatic rings. The molecule has 96 valence electrons. The molecule has 1 aliphatic rings. The van der Waals surface area contributed by atoms with E-state index < -0.39 is 0 Å². The monoisotopic (exact) mass is 380 g/mol. The summed E-state index contributed by atoms with van der Waals surface area (Å²) in [6.07, 6.45) is 0.852. The number of ether oxygens (including phenoxy) is 1. The Hall–Kier alpha value is -1.13. The van der Waals surface area contributed by atoms with Gasteiger partial charge in [0, 0.05) is 20.9 Å². The van der Waals surface area contributed by atoms with E-state index in [1.54, 1.807) is 0 Å². The van der Waals surface area contributed by atoms with E-state index in [0.717, 1.165) is 26.7 Å². The molecule has 0 saturated carbocycles. The standard InChI is InChI=1S/C15H10Br2O2/c16-10-7-9-5-6-19-15(9)12(8-10)14(18)11-3-1-2-4-13(11)17/h1-4,7-8H,5-6H2. The van der Waals surface area contributed by atoms with Gasteiger partial charge in [0.05, 0.1) is 12.2 Å². The fraction of sp³-hybridized carbons (Fsp3) is 0.133. The summed E-state index contributed by atoms with van der Waals surface area (Å²) in [7, 11) is 0. The molecule has 3 rings (SSSR count). The van der Waals surface area contributed by atoms with Gasteiger partial charge in [-0.15, -0.1) is 0 Å². The van der Waals surface area contributed by atoms with Crippen LogP contribution in [-0.4, -0.2) is 12.4 Å². The summed E-state index contributed by atoms with van der Waals surface area (Å²) in [6.45, 7) is 0.641. The van der Waals surface area contributed by atoms with Crippen LogP contribution in [0.4, 0.5) is 0 Å². The Bertz CT molecular complexity index is 665. The normalized spacial score (nSPS) is 12.9. The second-order valence-corrected chi connectivity index (χ2v) is 6.12. The van der Waals surface area contributed by atoms with E-state index in [1.807, 2.05) is 36.4 Å². The van der Waals surface area contributed by atoms with Gasteiger partial charge in [-0.05, 0) is 29.8 Å². The Morgan fingerprint density at radius 2 is 1.89 bits per heavy atom. The first kappa shape index (κ1) is 12.9. The van der Waals surface area contributed by atoms with Crippen molar-refractivity contribution in [1.29, 1.82) is 0 Å². The zero-order valence-corrected chi connectivity index (χ0v) is 13.1. The number of hydrogen-bond donors (Lipinski definition) is 0. The van der Waals surface area contributed by atoms with Crippen LogP contribution in [0, 0.1) is 0 Å². The zero-order chi connectivity index (χ0) is 13.4. The number of hydrogen-bond acceptors (Lipinski definition) is 2. The third-order valence-corrected chi connectivity index (χ3v) is 4.26. The largest absolute Gasteiger partial charge is 0.492 e. The highest BCUT2D eigenvalue weighted by Gasteiger charge is 2.23. The summed E-state index contributed by atoms with van der Waals surface area (Å²) in [6, 6.07) is 11.3. The molecule has 2 nitrogen and oxygen atoms in total. The van der Waals surface area contributed by atoms with E-state index >= 15 is 0 Å². The number of carbonyl (C=O) groups is 1. The molecule has 0 radical (unpaired) electrons. The van der Waals surface area contributed by atoms with E-state index in [1.165, 1.54) is 0 Å². The molecular weight excluding hydrogens is 372 g/mol. The Morgan fingerprint density at radius 3 is 2.68 bits per heavy atom. The average molecular weight is 382 g/mol. The van der Waals surface area contributed by atoms with E-state index in [4.69, 9.17) is 4.74 Å². The smallest absolute Gasteiger partial charge is 0.197 e. The van der Waals surface area contributed by atoms with Gasteiger partial charge < -0.3 is 4.74 Å². The lowest BCUT2D eigenvalue weighted by atomic mass is 10.00. The van der Waals surface area contributed by atoms with Crippen molar-refractivity contribution in [3.05, 3.63) is 62.0 Å². The quantitative estimate of drug-likeness (QED) is 0.721. The van der Waals surface area contributed by atoms with Gasteiger partial charge in [-0.25, -0.2) is 0 Å². The molecular formula is C15H10Br2O2. The molecule has 0 saturated heterocycles. The van der Waals surface area contributed by atoms with Crippen LogP contribution in [0.5, 0.6) is 5.75 Å².